The fraction of sp³-hybridized carbons (Fsp3) is 0.200. The molecule has 6 heteroatoms. The van der Waals surface area contributed by atoms with Gasteiger partial charge in [-0.15, -0.1) is 0 Å². The summed E-state index contributed by atoms with van der Waals surface area (Å²) in [4.78, 5) is 0. The van der Waals surface area contributed by atoms with E-state index in [2.05, 4.69) is 21.4 Å². The van der Waals surface area contributed by atoms with Crippen molar-refractivity contribution in [2.75, 3.05) is 0 Å². The summed E-state index contributed by atoms with van der Waals surface area (Å²) in [6.45, 7) is 1.55. The van der Waals surface area contributed by atoms with Crippen LogP contribution in [0.1, 0.15) is 22.7 Å². The highest BCUT2D eigenvalue weighted by Crippen LogP contribution is 2.28. The van der Waals surface area contributed by atoms with Crippen LogP contribution in [0.15, 0.2) is 34.8 Å². The fourth-order valence-electron chi connectivity index (χ4n) is 2.13. The van der Waals surface area contributed by atoms with E-state index in [0.717, 1.165) is 6.07 Å². The Labute approximate surface area is 129 Å². The van der Waals surface area contributed by atoms with E-state index >= 15 is 0 Å². The SMILES string of the molecule is Cc1cc(C(Cc2cccc(F)c2Br)NN)c(F)cc1F. The van der Waals surface area contributed by atoms with Crippen LogP contribution >= 0.6 is 15.9 Å². The largest absolute Gasteiger partial charge is 0.271 e. The molecule has 2 aromatic rings. The summed E-state index contributed by atoms with van der Waals surface area (Å²) in [5.41, 5.74) is 3.70. The minimum atomic E-state index is -0.687. The molecule has 21 heavy (non-hydrogen) atoms. The van der Waals surface area contributed by atoms with Gasteiger partial charge in [0.1, 0.15) is 17.5 Å². The Kier molecular flexibility index (Phi) is 5.03. The summed E-state index contributed by atoms with van der Waals surface area (Å²) >= 11 is 3.16. The van der Waals surface area contributed by atoms with Gasteiger partial charge < -0.3 is 0 Å². The zero-order chi connectivity index (χ0) is 15.6. The van der Waals surface area contributed by atoms with Crippen LogP contribution < -0.4 is 11.3 Å². The van der Waals surface area contributed by atoms with Gasteiger partial charge in [-0.05, 0) is 52.5 Å². The Morgan fingerprint density at radius 1 is 1.14 bits per heavy atom. The molecule has 0 fully saturated rings. The first kappa shape index (κ1) is 16.0. The van der Waals surface area contributed by atoms with E-state index < -0.39 is 23.5 Å². The van der Waals surface area contributed by atoms with Crippen molar-refractivity contribution in [1.29, 1.82) is 0 Å². The summed E-state index contributed by atoms with van der Waals surface area (Å²) in [6.07, 6.45) is 0.261. The maximum absolute atomic E-state index is 13.9. The molecule has 112 valence electrons. The van der Waals surface area contributed by atoms with Gasteiger partial charge in [0.15, 0.2) is 0 Å². The van der Waals surface area contributed by atoms with Crippen LogP contribution in [0.2, 0.25) is 0 Å². The lowest BCUT2D eigenvalue weighted by molar-refractivity contribution is 0.499. The van der Waals surface area contributed by atoms with Crippen molar-refractivity contribution in [3.8, 4) is 0 Å². The second-order valence-electron chi connectivity index (χ2n) is 4.76. The third-order valence-corrected chi connectivity index (χ3v) is 4.20. The number of hydrogen-bond donors (Lipinski definition) is 2. The van der Waals surface area contributed by atoms with Gasteiger partial charge in [0.2, 0.25) is 0 Å². The molecule has 3 N–H and O–H groups in total. The Morgan fingerprint density at radius 3 is 2.52 bits per heavy atom. The van der Waals surface area contributed by atoms with E-state index in [1.165, 1.54) is 12.1 Å². The van der Waals surface area contributed by atoms with Gasteiger partial charge in [0, 0.05) is 11.6 Å². The van der Waals surface area contributed by atoms with Crippen molar-refractivity contribution < 1.29 is 13.2 Å². The Hall–Kier alpha value is -1.37. The normalized spacial score (nSPS) is 12.5. The average molecular weight is 359 g/mol. The number of benzene rings is 2. The molecule has 0 aliphatic heterocycles. The summed E-state index contributed by atoms with van der Waals surface area (Å²) < 4.78 is 41.1. The van der Waals surface area contributed by atoms with Crippen LogP contribution in [0.3, 0.4) is 0 Å². The average Bonchev–Trinajstić information content (AvgIpc) is 2.45. The first-order valence-electron chi connectivity index (χ1n) is 6.28. The van der Waals surface area contributed by atoms with Gasteiger partial charge in [-0.3, -0.25) is 11.3 Å². The number of hydrogen-bond acceptors (Lipinski definition) is 2. The number of nitrogens with one attached hydrogen (secondary N) is 1. The van der Waals surface area contributed by atoms with E-state index in [1.807, 2.05) is 0 Å². The molecule has 0 aliphatic rings. The minimum absolute atomic E-state index is 0.243. The van der Waals surface area contributed by atoms with Crippen LogP contribution in [0.5, 0.6) is 0 Å². The molecule has 0 spiro atoms. The number of rotatable bonds is 4. The molecule has 1 atom stereocenters. The predicted octanol–water partition coefficient (Wildman–Crippen LogP) is 3.92. The smallest absolute Gasteiger partial charge is 0.137 e. The molecule has 0 radical (unpaired) electrons. The van der Waals surface area contributed by atoms with Crippen LogP contribution in [0.25, 0.3) is 0 Å². The molecule has 2 aromatic carbocycles. The van der Waals surface area contributed by atoms with Crippen molar-refractivity contribution in [3.63, 3.8) is 0 Å². The van der Waals surface area contributed by atoms with E-state index in [1.54, 1.807) is 19.1 Å². The third kappa shape index (κ3) is 3.45. The number of aryl methyl sites for hydroxylation is 1. The molecule has 2 nitrogen and oxygen atoms in total. The lowest BCUT2D eigenvalue weighted by Crippen LogP contribution is -2.30. The fourth-order valence-corrected chi connectivity index (χ4v) is 2.56. The highest BCUT2D eigenvalue weighted by atomic mass is 79.9. The third-order valence-electron chi connectivity index (χ3n) is 3.31. The molecular formula is C15H14BrF3N2. The summed E-state index contributed by atoms with van der Waals surface area (Å²) in [5.74, 6) is 3.78. The van der Waals surface area contributed by atoms with Crippen LogP contribution in [-0.4, -0.2) is 0 Å². The zero-order valence-corrected chi connectivity index (χ0v) is 12.8. The lowest BCUT2D eigenvalue weighted by atomic mass is 9.97. The van der Waals surface area contributed by atoms with E-state index in [4.69, 9.17) is 5.84 Å². The highest BCUT2D eigenvalue weighted by Gasteiger charge is 2.19. The van der Waals surface area contributed by atoms with Crippen molar-refractivity contribution in [2.24, 2.45) is 5.84 Å². The Morgan fingerprint density at radius 2 is 1.86 bits per heavy atom. The molecule has 2 rings (SSSR count). The van der Waals surface area contributed by atoms with Gasteiger partial charge in [-0.2, -0.15) is 0 Å². The van der Waals surface area contributed by atoms with E-state index in [0.29, 0.717) is 15.6 Å². The van der Waals surface area contributed by atoms with Gasteiger partial charge in [0.05, 0.1) is 10.5 Å². The molecule has 0 saturated heterocycles. The Bertz CT molecular complexity index is 662. The monoisotopic (exact) mass is 358 g/mol. The number of hydrazine groups is 1. The van der Waals surface area contributed by atoms with E-state index in [-0.39, 0.29) is 12.0 Å². The van der Waals surface area contributed by atoms with Gasteiger partial charge >= 0.3 is 0 Å². The first-order chi connectivity index (χ1) is 9.93. The maximum Gasteiger partial charge on any atom is 0.137 e. The molecule has 0 heterocycles. The van der Waals surface area contributed by atoms with Crippen LogP contribution in [0, 0.1) is 24.4 Å². The zero-order valence-electron chi connectivity index (χ0n) is 11.3. The van der Waals surface area contributed by atoms with Crippen molar-refractivity contribution >= 4 is 15.9 Å². The topological polar surface area (TPSA) is 38.0 Å². The van der Waals surface area contributed by atoms with Crippen LogP contribution in [0.4, 0.5) is 13.2 Å². The summed E-state index contributed by atoms with van der Waals surface area (Å²) in [7, 11) is 0. The predicted molar refractivity (Wildman–Crippen MR) is 79.0 cm³/mol. The van der Waals surface area contributed by atoms with Crippen molar-refractivity contribution in [1.82, 2.24) is 5.43 Å². The quantitative estimate of drug-likeness (QED) is 0.642. The standard InChI is InChI=1S/C15H14BrF3N2/c1-8-5-10(13(19)7-12(8)18)14(21-20)6-9-3-2-4-11(17)15(9)16/h2-5,7,14,21H,6,20H2,1H3. The molecule has 1 unspecified atom stereocenters. The molecular weight excluding hydrogens is 345 g/mol. The van der Waals surface area contributed by atoms with Gasteiger partial charge in [-0.25, -0.2) is 13.2 Å². The van der Waals surface area contributed by atoms with Crippen molar-refractivity contribution in [3.05, 3.63) is 68.9 Å². The second kappa shape index (κ2) is 6.60. The Balaban J connectivity index is 2.37. The molecule has 0 saturated carbocycles. The molecule has 0 amide bonds. The van der Waals surface area contributed by atoms with E-state index in [9.17, 15) is 13.2 Å². The minimum Gasteiger partial charge on any atom is -0.271 e. The van der Waals surface area contributed by atoms with Crippen molar-refractivity contribution in [2.45, 2.75) is 19.4 Å². The van der Waals surface area contributed by atoms with Gasteiger partial charge in [-0.1, -0.05) is 12.1 Å². The lowest BCUT2D eigenvalue weighted by Gasteiger charge is -2.19. The number of nitrogens with two attached hydrogens (primary N) is 1. The summed E-state index contributed by atoms with van der Waals surface area (Å²) in [6, 6.07) is 6.24. The second-order valence-corrected chi connectivity index (χ2v) is 5.55. The first-order valence-corrected chi connectivity index (χ1v) is 7.08. The van der Waals surface area contributed by atoms with Gasteiger partial charge in [0.25, 0.3) is 0 Å². The maximum atomic E-state index is 13.9. The molecule has 0 aliphatic carbocycles. The molecule has 0 aromatic heterocycles. The molecule has 0 bridgehead atoms. The highest BCUT2D eigenvalue weighted by molar-refractivity contribution is 9.10. The summed E-state index contributed by atoms with van der Waals surface area (Å²) in [5, 5.41) is 0. The van der Waals surface area contributed by atoms with Crippen LogP contribution in [-0.2, 0) is 6.42 Å². The number of halogens is 4.